The summed E-state index contributed by atoms with van der Waals surface area (Å²) in [5, 5.41) is 81.7. The third-order valence-electron chi connectivity index (χ3n) is 7.70. The van der Waals surface area contributed by atoms with Crippen molar-refractivity contribution < 1.29 is 78.8 Å². The predicted octanol–water partition coefficient (Wildman–Crippen LogP) is -1.44. The highest BCUT2D eigenvalue weighted by molar-refractivity contribution is 5.87. The zero-order chi connectivity index (χ0) is 34.2. The van der Waals surface area contributed by atoms with Crippen LogP contribution in [0, 0.1) is 0 Å². The van der Waals surface area contributed by atoms with Crippen LogP contribution in [0.3, 0.4) is 0 Å². The van der Waals surface area contributed by atoms with E-state index in [-0.39, 0.29) is 36.0 Å². The summed E-state index contributed by atoms with van der Waals surface area (Å²) in [6.45, 7) is -1.28. The van der Waals surface area contributed by atoms with E-state index >= 15 is 0 Å². The van der Waals surface area contributed by atoms with E-state index < -0.39 is 80.6 Å². The lowest BCUT2D eigenvalue weighted by atomic mass is 9.98. The van der Waals surface area contributed by atoms with Crippen molar-refractivity contribution in [3.8, 4) is 23.0 Å². The first kappa shape index (κ1) is 36.3. The lowest BCUT2D eigenvalue weighted by molar-refractivity contribution is -0.331. The van der Waals surface area contributed by atoms with Crippen molar-refractivity contribution in [3.05, 3.63) is 53.6 Å². The number of benzene rings is 2. The molecule has 0 aromatic heterocycles. The standard InChI is InChI=1S/C31H40O16/c1-41-19-7-4-16(11-18(19)34)9-10-43-30-28(40)26(38)29(47-23(35)8-5-15-3-6-17(33)20(12-15)42-2)22(46-30)14-44-31-27(39)25(37)24(36)21(13-32)45-31/h3-8,11-12,21-22,24-34,36-40H,9-10,13-14H2,1-2H3/b8-5+/t21-,22-,24-,25+,26-,27-,28-,29-,30-,31-/m1/s1. The summed E-state index contributed by atoms with van der Waals surface area (Å²) in [6.07, 6.45) is -13.1. The van der Waals surface area contributed by atoms with Crippen LogP contribution in [0.1, 0.15) is 11.1 Å². The first-order valence-electron chi connectivity index (χ1n) is 14.6. The lowest BCUT2D eigenvalue weighted by Crippen LogP contribution is -2.62. The second kappa shape index (κ2) is 16.5. The van der Waals surface area contributed by atoms with Crippen molar-refractivity contribution in [2.75, 3.05) is 34.0 Å². The number of rotatable bonds is 13. The molecule has 8 N–H and O–H groups in total. The summed E-state index contributed by atoms with van der Waals surface area (Å²) in [5.41, 5.74) is 1.14. The third kappa shape index (κ3) is 8.88. The fourth-order valence-corrected chi connectivity index (χ4v) is 5.04. The molecule has 0 bridgehead atoms. The number of phenolic OH excluding ortho intramolecular Hbond substituents is 2. The summed E-state index contributed by atoms with van der Waals surface area (Å²) < 4.78 is 38.0. The molecule has 2 fully saturated rings. The molecule has 4 rings (SSSR count). The Hall–Kier alpha value is -3.55. The molecule has 0 unspecified atom stereocenters. The number of esters is 1. The Bertz CT molecular complexity index is 1350. The summed E-state index contributed by atoms with van der Waals surface area (Å²) >= 11 is 0. The Morgan fingerprint density at radius 3 is 2.15 bits per heavy atom. The number of hydrogen-bond acceptors (Lipinski definition) is 16. The monoisotopic (exact) mass is 668 g/mol. The van der Waals surface area contributed by atoms with Crippen molar-refractivity contribution in [1.29, 1.82) is 0 Å². The zero-order valence-corrected chi connectivity index (χ0v) is 25.6. The van der Waals surface area contributed by atoms with Gasteiger partial charge in [-0.15, -0.1) is 0 Å². The molecule has 2 aliphatic rings. The van der Waals surface area contributed by atoms with Crippen LogP contribution in [-0.2, 0) is 34.9 Å². The Kier molecular flexibility index (Phi) is 12.8. The first-order chi connectivity index (χ1) is 22.5. The van der Waals surface area contributed by atoms with E-state index in [1.54, 1.807) is 12.1 Å². The molecule has 2 heterocycles. The van der Waals surface area contributed by atoms with Gasteiger partial charge in [0.15, 0.2) is 41.7 Å². The van der Waals surface area contributed by atoms with Gasteiger partial charge >= 0.3 is 5.97 Å². The Labute approximate surface area is 269 Å². The van der Waals surface area contributed by atoms with Gasteiger partial charge < -0.3 is 74.0 Å². The van der Waals surface area contributed by atoms with Crippen LogP contribution in [0.2, 0.25) is 0 Å². The van der Waals surface area contributed by atoms with Crippen LogP contribution in [0.25, 0.3) is 6.08 Å². The average Bonchev–Trinajstić information content (AvgIpc) is 3.06. The maximum Gasteiger partial charge on any atom is 0.331 e. The maximum absolute atomic E-state index is 12.8. The number of carbonyl (C=O) groups excluding carboxylic acids is 1. The van der Waals surface area contributed by atoms with Crippen LogP contribution in [-0.4, -0.2) is 142 Å². The maximum atomic E-state index is 12.8. The molecular formula is C31H40O16. The van der Waals surface area contributed by atoms with Gasteiger partial charge in [-0.1, -0.05) is 12.1 Å². The molecule has 0 amide bonds. The van der Waals surface area contributed by atoms with E-state index in [0.717, 1.165) is 6.08 Å². The molecule has 0 aliphatic carbocycles. The molecule has 16 heteroatoms. The molecule has 2 saturated heterocycles. The molecule has 47 heavy (non-hydrogen) atoms. The van der Waals surface area contributed by atoms with Gasteiger partial charge in [0.25, 0.3) is 0 Å². The minimum atomic E-state index is -1.76. The van der Waals surface area contributed by atoms with Crippen LogP contribution in [0.4, 0.5) is 0 Å². The lowest BCUT2D eigenvalue weighted by Gasteiger charge is -2.43. The van der Waals surface area contributed by atoms with E-state index in [1.807, 2.05) is 0 Å². The Morgan fingerprint density at radius 2 is 1.47 bits per heavy atom. The topological polar surface area (TPSA) is 244 Å². The number of phenols is 2. The minimum Gasteiger partial charge on any atom is -0.504 e. The van der Waals surface area contributed by atoms with Crippen molar-refractivity contribution >= 4 is 12.0 Å². The van der Waals surface area contributed by atoms with E-state index in [9.17, 15) is 45.6 Å². The quantitative estimate of drug-likeness (QED) is 0.0900. The van der Waals surface area contributed by atoms with Gasteiger partial charge in [0.2, 0.25) is 0 Å². The van der Waals surface area contributed by atoms with E-state index in [1.165, 1.54) is 44.6 Å². The molecule has 2 aromatic rings. The molecule has 0 radical (unpaired) electrons. The van der Waals surface area contributed by atoms with Gasteiger partial charge in [-0.05, 0) is 47.9 Å². The third-order valence-corrected chi connectivity index (χ3v) is 7.70. The minimum absolute atomic E-state index is 0.0379. The second-order valence-corrected chi connectivity index (χ2v) is 10.8. The first-order valence-corrected chi connectivity index (χ1v) is 14.6. The summed E-state index contributed by atoms with van der Waals surface area (Å²) in [6, 6.07) is 9.08. The Balaban J connectivity index is 1.47. The van der Waals surface area contributed by atoms with Crippen molar-refractivity contribution in [2.45, 2.75) is 67.8 Å². The Morgan fingerprint density at radius 1 is 0.787 bits per heavy atom. The van der Waals surface area contributed by atoms with Crippen molar-refractivity contribution in [1.82, 2.24) is 0 Å². The number of methoxy groups -OCH3 is 2. The highest BCUT2D eigenvalue weighted by atomic mass is 16.7. The van der Waals surface area contributed by atoms with Gasteiger partial charge in [0.1, 0.15) is 42.7 Å². The van der Waals surface area contributed by atoms with Crippen LogP contribution in [0.15, 0.2) is 42.5 Å². The van der Waals surface area contributed by atoms with Gasteiger partial charge in [0.05, 0.1) is 34.0 Å². The van der Waals surface area contributed by atoms with E-state index in [0.29, 0.717) is 11.1 Å². The predicted molar refractivity (Wildman–Crippen MR) is 158 cm³/mol. The number of hydrogen-bond donors (Lipinski definition) is 8. The van der Waals surface area contributed by atoms with Crippen molar-refractivity contribution in [3.63, 3.8) is 0 Å². The molecule has 10 atom stereocenters. The van der Waals surface area contributed by atoms with Gasteiger partial charge in [0, 0.05) is 6.08 Å². The van der Waals surface area contributed by atoms with Crippen LogP contribution in [0.5, 0.6) is 23.0 Å². The molecular weight excluding hydrogens is 628 g/mol. The second-order valence-electron chi connectivity index (χ2n) is 10.8. The van der Waals surface area contributed by atoms with E-state index in [4.69, 9.17) is 33.2 Å². The number of aliphatic hydroxyl groups excluding tert-OH is 6. The summed E-state index contributed by atoms with van der Waals surface area (Å²) in [5.74, 6) is -0.689. The number of ether oxygens (including phenoxy) is 7. The van der Waals surface area contributed by atoms with Gasteiger partial charge in [-0.2, -0.15) is 0 Å². The smallest absolute Gasteiger partial charge is 0.331 e. The van der Waals surface area contributed by atoms with Crippen LogP contribution < -0.4 is 9.47 Å². The van der Waals surface area contributed by atoms with Gasteiger partial charge in [-0.25, -0.2) is 4.79 Å². The molecule has 260 valence electrons. The largest absolute Gasteiger partial charge is 0.504 e. The van der Waals surface area contributed by atoms with Crippen LogP contribution >= 0.6 is 0 Å². The summed E-state index contributed by atoms with van der Waals surface area (Å²) in [7, 11) is 2.77. The highest BCUT2D eigenvalue weighted by Gasteiger charge is 2.49. The zero-order valence-electron chi connectivity index (χ0n) is 25.6. The average molecular weight is 669 g/mol. The fraction of sp³-hybridized carbons (Fsp3) is 0.516. The number of aliphatic hydroxyl groups is 6. The molecule has 0 saturated carbocycles. The number of carbonyl (C=O) groups is 1. The SMILES string of the molecule is COc1ccc(CCO[C@@H]2O[C@H](CO[C@@H]3O[C@H](CO)[C@@H](O)[C@H](O)[C@H]3O)[C@@H](OC(=O)/C=C/c3ccc(O)c(OC)c3)[C@H](O)[C@H]2O)cc1O. The van der Waals surface area contributed by atoms with Crippen molar-refractivity contribution in [2.24, 2.45) is 0 Å². The van der Waals surface area contributed by atoms with E-state index in [2.05, 4.69) is 0 Å². The summed E-state index contributed by atoms with van der Waals surface area (Å²) in [4.78, 5) is 12.8. The molecule has 2 aromatic carbocycles. The fourth-order valence-electron chi connectivity index (χ4n) is 5.04. The number of aromatic hydroxyl groups is 2. The highest BCUT2D eigenvalue weighted by Crippen LogP contribution is 2.30. The molecule has 2 aliphatic heterocycles. The normalized spacial score (nSPS) is 31.1. The molecule has 0 spiro atoms. The molecule has 16 nitrogen and oxygen atoms in total. The van der Waals surface area contributed by atoms with Gasteiger partial charge in [-0.3, -0.25) is 0 Å².